The predicted octanol–water partition coefficient (Wildman–Crippen LogP) is 6.32. The number of hydrogen-bond donors (Lipinski definition) is 2. The minimum atomic E-state index is -1.57. The van der Waals surface area contributed by atoms with E-state index in [0.717, 1.165) is 6.42 Å². The van der Waals surface area contributed by atoms with Crippen LogP contribution < -0.4 is 10.1 Å². The number of aliphatic hydroxyl groups excluding tert-OH is 1. The summed E-state index contributed by atoms with van der Waals surface area (Å²) in [4.78, 5) is 35.0. The third kappa shape index (κ3) is 9.46. The van der Waals surface area contributed by atoms with E-state index in [2.05, 4.69) is 36.1 Å². The van der Waals surface area contributed by atoms with E-state index in [0.29, 0.717) is 42.1 Å². The molecule has 1 amide bonds. The standard InChI is InChI=1S/C32H43N5O6/c1-30(2,3)18-19-34-29(40)32(17-16-26(39)43-31(4,5)6)27(24-10-7-8-11-25(24)36-37-33)42-28(35-32)22-12-14-23(15-13-22)41-21-9-20-38/h7-8,10-15,27,38H,9,16-21H2,1-6H3,(H,34,40)/t27-,32-/m1/s1. The van der Waals surface area contributed by atoms with Crippen molar-refractivity contribution in [2.45, 2.75) is 84.5 Å². The van der Waals surface area contributed by atoms with Crippen LogP contribution in [0.2, 0.25) is 0 Å². The van der Waals surface area contributed by atoms with Crippen molar-refractivity contribution in [2.75, 3.05) is 19.8 Å². The Bertz CT molecular complexity index is 1340. The average molecular weight is 594 g/mol. The Kier molecular flexibility index (Phi) is 11.2. The molecule has 3 rings (SSSR count). The molecule has 0 aromatic heterocycles. The Balaban J connectivity index is 2.09. The van der Waals surface area contributed by atoms with Gasteiger partial charge in [-0.3, -0.25) is 9.59 Å². The van der Waals surface area contributed by atoms with E-state index < -0.39 is 29.1 Å². The van der Waals surface area contributed by atoms with Gasteiger partial charge in [-0.05, 0) is 68.8 Å². The van der Waals surface area contributed by atoms with Crippen molar-refractivity contribution in [3.63, 3.8) is 0 Å². The minimum absolute atomic E-state index is 0.00954. The summed E-state index contributed by atoms with van der Waals surface area (Å²) in [7, 11) is 0. The van der Waals surface area contributed by atoms with E-state index >= 15 is 0 Å². The first-order valence-electron chi connectivity index (χ1n) is 14.5. The van der Waals surface area contributed by atoms with Crippen LogP contribution in [-0.4, -0.2) is 53.8 Å². The number of nitrogens with zero attached hydrogens (tertiary/aromatic N) is 4. The number of ether oxygens (including phenoxy) is 3. The molecule has 2 N–H and O–H groups in total. The topological polar surface area (TPSA) is 155 Å². The van der Waals surface area contributed by atoms with Crippen LogP contribution in [0.4, 0.5) is 5.69 Å². The smallest absolute Gasteiger partial charge is 0.306 e. The van der Waals surface area contributed by atoms with Crippen molar-refractivity contribution < 1.29 is 28.9 Å². The molecule has 0 radical (unpaired) electrons. The summed E-state index contributed by atoms with van der Waals surface area (Å²) in [6, 6.07) is 13.9. The third-order valence-electron chi connectivity index (χ3n) is 6.69. The van der Waals surface area contributed by atoms with Gasteiger partial charge in [0.1, 0.15) is 11.4 Å². The molecule has 0 fully saturated rings. The maximum absolute atomic E-state index is 14.2. The zero-order valence-corrected chi connectivity index (χ0v) is 25.9. The van der Waals surface area contributed by atoms with Gasteiger partial charge < -0.3 is 24.6 Å². The van der Waals surface area contributed by atoms with Gasteiger partial charge >= 0.3 is 5.97 Å². The molecule has 1 heterocycles. The molecule has 0 bridgehead atoms. The SMILES string of the molecule is CC(C)(C)CCNC(=O)[C@]1(CCC(=O)OC(C)(C)C)N=C(c2ccc(OCCCO)cc2)O[C@@H]1c1ccccc1N=[N+]=[N-]. The fourth-order valence-corrected chi connectivity index (χ4v) is 4.59. The largest absolute Gasteiger partial charge is 0.494 e. The Morgan fingerprint density at radius 3 is 2.44 bits per heavy atom. The van der Waals surface area contributed by atoms with E-state index in [1.165, 1.54) is 0 Å². The second kappa shape index (κ2) is 14.4. The summed E-state index contributed by atoms with van der Waals surface area (Å²) in [5.74, 6) is -0.0561. The van der Waals surface area contributed by atoms with Gasteiger partial charge in [-0.25, -0.2) is 4.99 Å². The highest BCUT2D eigenvalue weighted by molar-refractivity contribution is 6.01. The fraction of sp³-hybridized carbons (Fsp3) is 0.531. The Morgan fingerprint density at radius 1 is 1.12 bits per heavy atom. The lowest BCUT2D eigenvalue weighted by Gasteiger charge is -2.32. The second-order valence-electron chi connectivity index (χ2n) is 12.7. The summed E-state index contributed by atoms with van der Waals surface area (Å²) in [5.41, 5.74) is 8.33. The first-order valence-corrected chi connectivity index (χ1v) is 14.5. The van der Waals surface area contributed by atoms with Gasteiger partial charge in [-0.1, -0.05) is 50.2 Å². The molecule has 0 saturated heterocycles. The zero-order valence-electron chi connectivity index (χ0n) is 25.9. The van der Waals surface area contributed by atoms with Crippen molar-refractivity contribution in [1.29, 1.82) is 0 Å². The van der Waals surface area contributed by atoms with Crippen molar-refractivity contribution in [3.05, 3.63) is 70.1 Å². The Morgan fingerprint density at radius 2 is 1.81 bits per heavy atom. The van der Waals surface area contributed by atoms with E-state index in [1.54, 1.807) is 69.3 Å². The highest BCUT2D eigenvalue weighted by Crippen LogP contribution is 2.46. The summed E-state index contributed by atoms with van der Waals surface area (Å²) in [5, 5.41) is 15.9. The molecule has 11 nitrogen and oxygen atoms in total. The van der Waals surface area contributed by atoms with Crippen LogP contribution in [0.3, 0.4) is 0 Å². The number of rotatable bonds is 13. The van der Waals surface area contributed by atoms with E-state index in [9.17, 15) is 15.1 Å². The average Bonchev–Trinajstić information content (AvgIpc) is 3.32. The van der Waals surface area contributed by atoms with Gasteiger partial charge in [0.15, 0.2) is 11.6 Å². The third-order valence-corrected chi connectivity index (χ3v) is 6.69. The number of amides is 1. The maximum atomic E-state index is 14.2. The molecule has 43 heavy (non-hydrogen) atoms. The Hall–Kier alpha value is -4.08. The van der Waals surface area contributed by atoms with Gasteiger partial charge in [0.05, 0.1) is 6.61 Å². The molecule has 2 aromatic carbocycles. The number of benzene rings is 2. The normalized spacial score (nSPS) is 18.2. The monoisotopic (exact) mass is 593 g/mol. The quantitative estimate of drug-likeness (QED) is 0.0910. The van der Waals surface area contributed by atoms with Crippen molar-refractivity contribution in [2.24, 2.45) is 15.5 Å². The molecular formula is C32H43N5O6. The fourth-order valence-electron chi connectivity index (χ4n) is 4.59. The highest BCUT2D eigenvalue weighted by Gasteiger charge is 2.53. The van der Waals surface area contributed by atoms with E-state index in [4.69, 9.17) is 24.3 Å². The van der Waals surface area contributed by atoms with Crippen LogP contribution in [0.15, 0.2) is 58.6 Å². The molecular weight excluding hydrogens is 550 g/mol. The lowest BCUT2D eigenvalue weighted by molar-refractivity contribution is -0.155. The Labute approximate surface area is 253 Å². The number of nitrogens with one attached hydrogen (secondary N) is 1. The summed E-state index contributed by atoms with van der Waals surface area (Å²) in [6.45, 7) is 12.4. The summed E-state index contributed by atoms with van der Waals surface area (Å²) < 4.78 is 17.7. The first kappa shape index (κ1) is 33.4. The molecule has 0 aliphatic carbocycles. The van der Waals surface area contributed by atoms with Crippen LogP contribution >= 0.6 is 0 Å². The number of carbonyl (C=O) groups is 2. The van der Waals surface area contributed by atoms with Crippen LogP contribution in [-0.2, 0) is 19.1 Å². The molecule has 232 valence electrons. The van der Waals surface area contributed by atoms with Gasteiger partial charge in [0.25, 0.3) is 5.91 Å². The van der Waals surface area contributed by atoms with Gasteiger partial charge in [0, 0.05) is 47.7 Å². The van der Waals surface area contributed by atoms with Crippen LogP contribution in [0.5, 0.6) is 5.75 Å². The summed E-state index contributed by atoms with van der Waals surface area (Å²) in [6.07, 6.45) is 0.123. The van der Waals surface area contributed by atoms with Crippen LogP contribution in [0.25, 0.3) is 10.4 Å². The predicted molar refractivity (Wildman–Crippen MR) is 164 cm³/mol. The number of hydrogen-bond acceptors (Lipinski definition) is 8. The lowest BCUT2D eigenvalue weighted by atomic mass is 9.82. The number of carbonyl (C=O) groups excluding carboxylic acids is 2. The van der Waals surface area contributed by atoms with Crippen LogP contribution in [0, 0.1) is 5.41 Å². The molecule has 2 atom stereocenters. The second-order valence-corrected chi connectivity index (χ2v) is 12.7. The highest BCUT2D eigenvalue weighted by atomic mass is 16.6. The number of aliphatic hydroxyl groups is 1. The van der Waals surface area contributed by atoms with Gasteiger partial charge in [0.2, 0.25) is 5.90 Å². The molecule has 11 heteroatoms. The van der Waals surface area contributed by atoms with Crippen molar-refractivity contribution in [3.8, 4) is 5.75 Å². The molecule has 0 saturated carbocycles. The van der Waals surface area contributed by atoms with Gasteiger partial charge in [-0.15, -0.1) is 0 Å². The van der Waals surface area contributed by atoms with Crippen molar-refractivity contribution in [1.82, 2.24) is 5.32 Å². The lowest BCUT2D eigenvalue weighted by Crippen LogP contribution is -2.49. The van der Waals surface area contributed by atoms with E-state index in [1.807, 2.05) is 0 Å². The number of aliphatic imine (C=N–C) groups is 1. The summed E-state index contributed by atoms with van der Waals surface area (Å²) >= 11 is 0. The van der Waals surface area contributed by atoms with Gasteiger partial charge in [-0.2, -0.15) is 0 Å². The molecule has 0 spiro atoms. The zero-order chi connectivity index (χ0) is 31.7. The molecule has 1 aliphatic heterocycles. The minimum Gasteiger partial charge on any atom is -0.494 e. The van der Waals surface area contributed by atoms with E-state index in [-0.39, 0.29) is 30.8 Å². The molecule has 2 aromatic rings. The molecule has 0 unspecified atom stereocenters. The first-order chi connectivity index (χ1) is 20.3. The number of esters is 1. The maximum Gasteiger partial charge on any atom is 0.306 e. The molecule has 1 aliphatic rings. The van der Waals surface area contributed by atoms with Crippen molar-refractivity contribution >= 4 is 23.5 Å². The van der Waals surface area contributed by atoms with Crippen LogP contribution in [0.1, 0.15) is 84.5 Å². The number of azide groups is 1.